The molecule has 5 heteroatoms. The molecular formula is C13H11BrN2S2. The van der Waals surface area contributed by atoms with Gasteiger partial charge in [-0.05, 0) is 34.1 Å². The van der Waals surface area contributed by atoms with E-state index in [0.717, 1.165) is 20.8 Å². The van der Waals surface area contributed by atoms with E-state index in [2.05, 4.69) is 44.2 Å². The van der Waals surface area contributed by atoms with Crippen molar-refractivity contribution < 1.29 is 0 Å². The largest absolute Gasteiger partial charge is 0.320 e. The van der Waals surface area contributed by atoms with E-state index in [1.807, 2.05) is 18.3 Å². The normalized spacial score (nSPS) is 9.89. The third kappa shape index (κ3) is 4.14. The summed E-state index contributed by atoms with van der Waals surface area (Å²) in [5.41, 5.74) is 6.39. The van der Waals surface area contributed by atoms with Gasteiger partial charge in [-0.3, -0.25) is 0 Å². The Labute approximate surface area is 123 Å². The molecule has 92 valence electrons. The maximum Gasteiger partial charge on any atom is 0.0964 e. The van der Waals surface area contributed by atoms with E-state index in [4.69, 9.17) is 5.73 Å². The van der Waals surface area contributed by atoms with Gasteiger partial charge in [0, 0.05) is 32.2 Å². The van der Waals surface area contributed by atoms with Crippen LogP contribution in [0.2, 0.25) is 0 Å². The second-order valence-corrected chi connectivity index (χ2v) is 6.32. The highest BCUT2D eigenvalue weighted by Gasteiger charge is 2.00. The maximum atomic E-state index is 5.34. The third-order valence-corrected chi connectivity index (χ3v) is 4.63. The number of thioether (sulfide) groups is 1. The van der Waals surface area contributed by atoms with Gasteiger partial charge < -0.3 is 5.73 Å². The van der Waals surface area contributed by atoms with Gasteiger partial charge in [0.1, 0.15) is 0 Å². The number of nitrogens with two attached hydrogens (primary N) is 1. The van der Waals surface area contributed by atoms with Crippen molar-refractivity contribution in [3.05, 3.63) is 44.7 Å². The van der Waals surface area contributed by atoms with Crippen molar-refractivity contribution in [1.82, 2.24) is 4.98 Å². The molecule has 0 radical (unpaired) electrons. The minimum atomic E-state index is 0.405. The standard InChI is InChI=1S/C13H11BrN2S2/c14-11-3-4-13(16-7-11)18-9-12-6-10(8-17-12)2-1-5-15/h3-4,6-8H,5,9,15H2. The average Bonchev–Trinajstić information content (AvgIpc) is 2.84. The van der Waals surface area contributed by atoms with Crippen LogP contribution in [0, 0.1) is 11.8 Å². The Morgan fingerprint density at radius 1 is 1.44 bits per heavy atom. The molecule has 0 bridgehead atoms. The van der Waals surface area contributed by atoms with E-state index < -0.39 is 0 Å². The summed E-state index contributed by atoms with van der Waals surface area (Å²) in [5, 5.41) is 3.09. The molecule has 0 fully saturated rings. The van der Waals surface area contributed by atoms with Gasteiger partial charge in [0.2, 0.25) is 0 Å². The second-order valence-electron chi connectivity index (χ2n) is 3.41. The van der Waals surface area contributed by atoms with Gasteiger partial charge in [-0.25, -0.2) is 4.98 Å². The first-order valence-corrected chi connectivity index (χ1v) is 7.94. The number of pyridine rings is 1. The van der Waals surface area contributed by atoms with Crippen molar-refractivity contribution in [3.63, 3.8) is 0 Å². The highest BCUT2D eigenvalue weighted by Crippen LogP contribution is 2.25. The van der Waals surface area contributed by atoms with Crippen LogP contribution in [-0.2, 0) is 5.75 Å². The van der Waals surface area contributed by atoms with Gasteiger partial charge in [-0.1, -0.05) is 11.8 Å². The Bertz CT molecular complexity index is 567. The Balaban J connectivity index is 1.94. The van der Waals surface area contributed by atoms with Crippen LogP contribution in [0.1, 0.15) is 10.4 Å². The minimum Gasteiger partial charge on any atom is -0.320 e. The first kappa shape index (κ1) is 13.6. The van der Waals surface area contributed by atoms with E-state index >= 15 is 0 Å². The van der Waals surface area contributed by atoms with Crippen molar-refractivity contribution >= 4 is 39.0 Å². The molecule has 0 atom stereocenters. The molecule has 0 aromatic carbocycles. The molecule has 2 N–H and O–H groups in total. The van der Waals surface area contributed by atoms with Crippen molar-refractivity contribution in [2.45, 2.75) is 10.8 Å². The fraction of sp³-hybridized carbons (Fsp3) is 0.154. The minimum absolute atomic E-state index is 0.405. The highest BCUT2D eigenvalue weighted by atomic mass is 79.9. The Kier molecular flexibility index (Phi) is 5.26. The second kappa shape index (κ2) is 6.95. The van der Waals surface area contributed by atoms with Gasteiger partial charge in [-0.15, -0.1) is 23.1 Å². The molecule has 0 spiro atoms. The van der Waals surface area contributed by atoms with E-state index in [-0.39, 0.29) is 0 Å². The molecule has 0 aliphatic carbocycles. The molecule has 2 rings (SSSR count). The predicted molar refractivity (Wildman–Crippen MR) is 81.7 cm³/mol. The number of thiophene rings is 1. The average molecular weight is 339 g/mol. The summed E-state index contributed by atoms with van der Waals surface area (Å²) in [5.74, 6) is 6.81. The number of nitrogens with zero attached hydrogens (tertiary/aromatic N) is 1. The zero-order valence-electron chi connectivity index (χ0n) is 9.52. The molecule has 2 heterocycles. The zero-order valence-corrected chi connectivity index (χ0v) is 12.7. The van der Waals surface area contributed by atoms with Crippen LogP contribution in [0.15, 0.2) is 39.3 Å². The topological polar surface area (TPSA) is 38.9 Å². The zero-order chi connectivity index (χ0) is 12.8. The van der Waals surface area contributed by atoms with Crippen LogP contribution in [0.5, 0.6) is 0 Å². The van der Waals surface area contributed by atoms with Gasteiger partial charge in [0.25, 0.3) is 0 Å². The SMILES string of the molecule is NCC#Cc1csc(CSc2ccc(Br)cn2)c1. The highest BCUT2D eigenvalue weighted by molar-refractivity contribution is 9.10. The van der Waals surface area contributed by atoms with E-state index in [1.165, 1.54) is 4.88 Å². The van der Waals surface area contributed by atoms with Gasteiger partial charge in [-0.2, -0.15) is 0 Å². The van der Waals surface area contributed by atoms with Crippen LogP contribution >= 0.6 is 39.0 Å². The molecule has 0 amide bonds. The Hall–Kier alpha value is -0.800. The molecule has 0 aliphatic rings. The van der Waals surface area contributed by atoms with Crippen LogP contribution in [-0.4, -0.2) is 11.5 Å². The van der Waals surface area contributed by atoms with Gasteiger partial charge in [0.15, 0.2) is 0 Å². The van der Waals surface area contributed by atoms with Crippen LogP contribution in [0.25, 0.3) is 0 Å². The van der Waals surface area contributed by atoms with Gasteiger partial charge >= 0.3 is 0 Å². The summed E-state index contributed by atoms with van der Waals surface area (Å²) in [6.45, 7) is 0.405. The summed E-state index contributed by atoms with van der Waals surface area (Å²) >= 11 is 6.82. The summed E-state index contributed by atoms with van der Waals surface area (Å²) in [6, 6.07) is 6.12. The van der Waals surface area contributed by atoms with Gasteiger partial charge in [0.05, 0.1) is 11.6 Å². The van der Waals surface area contributed by atoms with Crippen molar-refractivity contribution in [1.29, 1.82) is 0 Å². The van der Waals surface area contributed by atoms with E-state index in [9.17, 15) is 0 Å². The number of aromatic nitrogens is 1. The molecule has 2 nitrogen and oxygen atoms in total. The lowest BCUT2D eigenvalue weighted by molar-refractivity contribution is 1.12. The number of halogens is 1. The fourth-order valence-electron chi connectivity index (χ4n) is 1.27. The number of hydrogen-bond acceptors (Lipinski definition) is 4. The molecule has 0 saturated carbocycles. The smallest absolute Gasteiger partial charge is 0.0964 e. The first-order valence-electron chi connectivity index (χ1n) is 5.28. The van der Waals surface area contributed by atoms with Crippen molar-refractivity contribution in [2.24, 2.45) is 5.73 Å². The quantitative estimate of drug-likeness (QED) is 0.687. The monoisotopic (exact) mass is 338 g/mol. The third-order valence-electron chi connectivity index (χ3n) is 2.05. The molecule has 2 aromatic rings. The maximum absolute atomic E-state index is 5.34. The van der Waals surface area contributed by atoms with E-state index in [0.29, 0.717) is 6.54 Å². The Morgan fingerprint density at radius 2 is 2.33 bits per heavy atom. The Morgan fingerprint density at radius 3 is 3.06 bits per heavy atom. The van der Waals surface area contributed by atoms with Crippen molar-refractivity contribution in [2.75, 3.05) is 6.54 Å². The summed E-state index contributed by atoms with van der Waals surface area (Å²) < 4.78 is 1.00. The fourth-order valence-corrected chi connectivity index (χ4v) is 3.22. The molecule has 0 unspecified atom stereocenters. The molecular weight excluding hydrogens is 328 g/mol. The van der Waals surface area contributed by atoms with E-state index in [1.54, 1.807) is 23.1 Å². The summed E-state index contributed by atoms with van der Waals surface area (Å²) in [6.07, 6.45) is 1.81. The van der Waals surface area contributed by atoms with Crippen LogP contribution in [0.4, 0.5) is 0 Å². The summed E-state index contributed by atoms with van der Waals surface area (Å²) in [4.78, 5) is 5.62. The number of hydrogen-bond donors (Lipinski definition) is 1. The lowest BCUT2D eigenvalue weighted by Crippen LogP contribution is -1.92. The first-order chi connectivity index (χ1) is 8.78. The number of rotatable bonds is 3. The molecule has 2 aromatic heterocycles. The lowest BCUT2D eigenvalue weighted by Gasteiger charge is -1.98. The molecule has 0 saturated heterocycles. The summed E-state index contributed by atoms with van der Waals surface area (Å²) in [7, 11) is 0. The molecule has 0 aliphatic heterocycles. The van der Waals surface area contributed by atoms with Crippen molar-refractivity contribution in [3.8, 4) is 11.8 Å². The van der Waals surface area contributed by atoms with Crippen LogP contribution < -0.4 is 5.73 Å². The molecule has 18 heavy (non-hydrogen) atoms. The lowest BCUT2D eigenvalue weighted by atomic mass is 10.3. The van der Waals surface area contributed by atoms with Crippen LogP contribution in [0.3, 0.4) is 0 Å². The predicted octanol–water partition coefficient (Wildman–Crippen LogP) is 3.51.